The highest BCUT2D eigenvalue weighted by atomic mass is 79.9. The van der Waals surface area contributed by atoms with Crippen LogP contribution < -0.4 is 10.1 Å². The van der Waals surface area contributed by atoms with Crippen LogP contribution in [0.2, 0.25) is 0 Å². The second kappa shape index (κ2) is 6.48. The Morgan fingerprint density at radius 3 is 2.76 bits per heavy atom. The summed E-state index contributed by atoms with van der Waals surface area (Å²) in [5.74, 6) is -0.562. The number of carbonyl (C=O) groups is 2. The van der Waals surface area contributed by atoms with Crippen molar-refractivity contribution < 1.29 is 23.1 Å². The number of carbonyl (C=O) groups excluding carboxylic acids is 2. The van der Waals surface area contributed by atoms with Crippen LogP contribution in [0.3, 0.4) is 0 Å². The van der Waals surface area contributed by atoms with E-state index in [9.17, 15) is 18.4 Å². The first-order valence-corrected chi connectivity index (χ1v) is 6.95. The third-order valence-corrected chi connectivity index (χ3v) is 3.65. The average Bonchev–Trinajstić information content (AvgIpc) is 2.66. The molecule has 5 nitrogen and oxygen atoms in total. The normalized spacial score (nSPS) is 18.7. The van der Waals surface area contributed by atoms with E-state index in [1.807, 2.05) is 0 Å². The Hall–Kier alpha value is -1.54. The number of amides is 2. The minimum absolute atomic E-state index is 0.0332. The van der Waals surface area contributed by atoms with Gasteiger partial charge in [-0.15, -0.1) is 0 Å². The second-order valence-corrected chi connectivity index (χ2v) is 5.47. The van der Waals surface area contributed by atoms with E-state index in [-0.39, 0.29) is 30.5 Å². The molecule has 1 heterocycles. The first-order chi connectivity index (χ1) is 9.88. The third-order valence-electron chi connectivity index (χ3n) is 3.16. The molecule has 0 radical (unpaired) electrons. The molecule has 2 amide bonds. The van der Waals surface area contributed by atoms with Gasteiger partial charge in [-0.3, -0.25) is 14.5 Å². The van der Waals surface area contributed by atoms with Gasteiger partial charge >= 0.3 is 6.61 Å². The molecule has 1 aliphatic heterocycles. The third kappa shape index (κ3) is 3.76. The van der Waals surface area contributed by atoms with Gasteiger partial charge in [0.2, 0.25) is 11.8 Å². The molecule has 2 rings (SSSR count). The highest BCUT2D eigenvalue weighted by Gasteiger charge is 2.35. The molecule has 114 valence electrons. The van der Waals surface area contributed by atoms with Crippen LogP contribution in [0.5, 0.6) is 5.75 Å². The number of imide groups is 1. The molecule has 1 fully saturated rings. The fraction of sp³-hybridized carbons (Fsp3) is 0.385. The van der Waals surface area contributed by atoms with Crippen molar-refractivity contribution in [2.75, 3.05) is 7.05 Å². The average molecular weight is 363 g/mol. The summed E-state index contributed by atoms with van der Waals surface area (Å²) in [6.45, 7) is -2.79. The molecule has 1 N–H and O–H groups in total. The molecular formula is C13H13BrF2N2O3. The van der Waals surface area contributed by atoms with Crippen molar-refractivity contribution in [2.45, 2.75) is 25.6 Å². The Morgan fingerprint density at radius 1 is 1.48 bits per heavy atom. The molecule has 0 saturated carbocycles. The summed E-state index contributed by atoms with van der Waals surface area (Å²) in [5, 5.41) is 2.89. The van der Waals surface area contributed by atoms with E-state index in [2.05, 4.69) is 26.0 Å². The van der Waals surface area contributed by atoms with Crippen molar-refractivity contribution in [3.05, 3.63) is 28.2 Å². The molecule has 1 aromatic carbocycles. The Kier molecular flexibility index (Phi) is 4.89. The minimum atomic E-state index is -2.93. The number of hydrogen-bond donors (Lipinski definition) is 1. The Bertz CT molecular complexity index is 568. The van der Waals surface area contributed by atoms with Gasteiger partial charge in [0.25, 0.3) is 0 Å². The number of hydrogen-bond acceptors (Lipinski definition) is 4. The molecule has 21 heavy (non-hydrogen) atoms. The van der Waals surface area contributed by atoms with Gasteiger partial charge in [-0.05, 0) is 18.2 Å². The molecule has 8 heteroatoms. The van der Waals surface area contributed by atoms with Crippen molar-refractivity contribution in [1.29, 1.82) is 0 Å². The summed E-state index contributed by atoms with van der Waals surface area (Å²) in [4.78, 5) is 24.2. The van der Waals surface area contributed by atoms with Gasteiger partial charge in [0.15, 0.2) is 0 Å². The zero-order valence-electron chi connectivity index (χ0n) is 11.1. The number of halogens is 3. The molecule has 0 spiro atoms. The number of likely N-dealkylation sites (N-methyl/N-ethyl adjacent to an activating group) is 1. The number of likely N-dealkylation sites (tertiary alicyclic amines) is 1. The highest BCUT2D eigenvalue weighted by Crippen LogP contribution is 2.25. The molecule has 0 bridgehead atoms. The largest absolute Gasteiger partial charge is 0.434 e. The first-order valence-electron chi connectivity index (χ1n) is 6.15. The minimum Gasteiger partial charge on any atom is -0.434 e. The second-order valence-electron chi connectivity index (χ2n) is 4.56. The fourth-order valence-electron chi connectivity index (χ4n) is 2.05. The maximum atomic E-state index is 12.3. The van der Waals surface area contributed by atoms with Crippen molar-refractivity contribution in [2.24, 2.45) is 0 Å². The number of nitrogens with one attached hydrogen (secondary N) is 1. The maximum Gasteiger partial charge on any atom is 0.387 e. The lowest BCUT2D eigenvalue weighted by atomic mass is 10.1. The number of rotatable bonds is 5. The van der Waals surface area contributed by atoms with Crippen LogP contribution >= 0.6 is 15.9 Å². The predicted molar refractivity (Wildman–Crippen MR) is 73.8 cm³/mol. The van der Waals surface area contributed by atoms with E-state index in [4.69, 9.17) is 0 Å². The van der Waals surface area contributed by atoms with Gasteiger partial charge in [-0.25, -0.2) is 0 Å². The van der Waals surface area contributed by atoms with Gasteiger partial charge in [-0.2, -0.15) is 8.78 Å². The van der Waals surface area contributed by atoms with Crippen LogP contribution in [-0.4, -0.2) is 36.4 Å². The Balaban J connectivity index is 2.07. The zero-order chi connectivity index (χ0) is 15.6. The van der Waals surface area contributed by atoms with Crippen molar-refractivity contribution in [3.8, 4) is 5.75 Å². The Morgan fingerprint density at radius 2 is 2.19 bits per heavy atom. The molecule has 1 aromatic rings. The molecule has 1 saturated heterocycles. The van der Waals surface area contributed by atoms with Crippen LogP contribution in [0.1, 0.15) is 12.0 Å². The van der Waals surface area contributed by atoms with Gasteiger partial charge in [0.1, 0.15) is 5.75 Å². The van der Waals surface area contributed by atoms with E-state index in [1.54, 1.807) is 12.1 Å². The lowest BCUT2D eigenvalue weighted by Crippen LogP contribution is -2.36. The maximum absolute atomic E-state index is 12.3. The smallest absolute Gasteiger partial charge is 0.387 e. The van der Waals surface area contributed by atoms with E-state index in [0.29, 0.717) is 10.0 Å². The summed E-state index contributed by atoms with van der Waals surface area (Å²) in [6, 6.07) is 3.98. The zero-order valence-corrected chi connectivity index (χ0v) is 12.7. The van der Waals surface area contributed by atoms with E-state index in [0.717, 1.165) is 4.90 Å². The summed E-state index contributed by atoms with van der Waals surface area (Å²) >= 11 is 3.25. The summed E-state index contributed by atoms with van der Waals surface area (Å²) in [7, 11) is 1.41. The topological polar surface area (TPSA) is 58.6 Å². The molecule has 1 aliphatic rings. The van der Waals surface area contributed by atoms with Crippen LogP contribution in [0.25, 0.3) is 0 Å². The molecule has 1 unspecified atom stereocenters. The summed E-state index contributed by atoms with van der Waals surface area (Å²) in [5.41, 5.74) is 0.472. The molecule has 0 aromatic heterocycles. The number of alkyl halides is 2. The number of ether oxygens (including phenoxy) is 1. The highest BCUT2D eigenvalue weighted by molar-refractivity contribution is 9.10. The van der Waals surface area contributed by atoms with Crippen LogP contribution in [0.4, 0.5) is 8.78 Å². The molecular weight excluding hydrogens is 350 g/mol. The van der Waals surface area contributed by atoms with Crippen LogP contribution in [0, 0.1) is 0 Å². The predicted octanol–water partition coefficient (Wildman–Crippen LogP) is 1.90. The summed E-state index contributed by atoms with van der Waals surface area (Å²) < 4.78 is 29.8. The summed E-state index contributed by atoms with van der Waals surface area (Å²) in [6.07, 6.45) is 0.0639. The lowest BCUT2D eigenvalue weighted by Gasteiger charge is -2.14. The van der Waals surface area contributed by atoms with E-state index < -0.39 is 12.7 Å². The fourth-order valence-corrected chi connectivity index (χ4v) is 2.45. The van der Waals surface area contributed by atoms with Gasteiger partial charge < -0.3 is 10.1 Å². The number of nitrogens with zero attached hydrogens (tertiary/aromatic N) is 1. The van der Waals surface area contributed by atoms with Gasteiger partial charge in [0.05, 0.1) is 12.5 Å². The Labute approximate surface area is 128 Å². The van der Waals surface area contributed by atoms with E-state index >= 15 is 0 Å². The van der Waals surface area contributed by atoms with Gasteiger partial charge in [-0.1, -0.05) is 15.9 Å². The van der Waals surface area contributed by atoms with Crippen molar-refractivity contribution >= 4 is 27.7 Å². The first kappa shape index (κ1) is 15.8. The lowest BCUT2D eigenvalue weighted by molar-refractivity contribution is -0.137. The SMILES string of the molecule is CN1C(=O)CC(NCc2cc(Br)ccc2OC(F)F)C1=O. The standard InChI is InChI=1S/C13H13BrF2N2O3/c1-18-11(19)5-9(12(18)20)17-6-7-4-8(14)2-3-10(7)21-13(15)16/h2-4,9,13,17H,5-6H2,1H3. The molecule has 1 atom stereocenters. The van der Waals surface area contributed by atoms with Crippen molar-refractivity contribution in [1.82, 2.24) is 10.2 Å². The monoisotopic (exact) mass is 362 g/mol. The van der Waals surface area contributed by atoms with E-state index in [1.165, 1.54) is 13.1 Å². The number of benzene rings is 1. The van der Waals surface area contributed by atoms with Crippen LogP contribution in [-0.2, 0) is 16.1 Å². The van der Waals surface area contributed by atoms with Crippen LogP contribution in [0.15, 0.2) is 22.7 Å². The van der Waals surface area contributed by atoms with Gasteiger partial charge in [0, 0.05) is 23.6 Å². The molecule has 0 aliphatic carbocycles. The quantitative estimate of drug-likeness (QED) is 0.812. The van der Waals surface area contributed by atoms with Crippen molar-refractivity contribution in [3.63, 3.8) is 0 Å².